The highest BCUT2D eigenvalue weighted by atomic mass is 14.1. The summed E-state index contributed by atoms with van der Waals surface area (Å²) in [6, 6.07) is 0. The third-order valence-electron chi connectivity index (χ3n) is 5.66. The number of unbranched alkanes of at least 4 members (excludes halogenated alkanes) is 15. The minimum atomic E-state index is 0.953. The Morgan fingerprint density at radius 1 is 0.500 bits per heavy atom. The second kappa shape index (κ2) is 21.0. The van der Waals surface area contributed by atoms with E-state index in [0.717, 1.165) is 12.3 Å². The van der Waals surface area contributed by atoms with Gasteiger partial charge in [0, 0.05) is 0 Å². The van der Waals surface area contributed by atoms with Crippen LogP contribution in [0.4, 0.5) is 0 Å². The fourth-order valence-corrected chi connectivity index (χ4v) is 3.82. The largest absolute Gasteiger partial charge is 0.0654 e. The molecule has 1 radical (unpaired) electrons. The molecular weight excluding hydrogens is 288 g/mol. The maximum absolute atomic E-state index is 4.00. The summed E-state index contributed by atoms with van der Waals surface area (Å²) >= 11 is 0. The van der Waals surface area contributed by atoms with E-state index in [1.54, 1.807) is 0 Å². The zero-order valence-corrected chi connectivity index (χ0v) is 17.4. The first kappa shape index (κ1) is 24.0. The molecule has 0 rings (SSSR count). The normalized spacial score (nSPS) is 12.6. The van der Waals surface area contributed by atoms with Crippen LogP contribution in [0.2, 0.25) is 0 Å². The summed E-state index contributed by atoms with van der Waals surface area (Å²) in [5.74, 6) is 0.953. The predicted molar refractivity (Wildman–Crippen MR) is 113 cm³/mol. The number of hydrogen-bond donors (Lipinski definition) is 0. The molecule has 0 fully saturated rings. The first-order chi connectivity index (χ1) is 11.8. The number of hydrogen-bond acceptors (Lipinski definition) is 0. The van der Waals surface area contributed by atoms with Gasteiger partial charge in [-0.3, -0.25) is 0 Å². The Morgan fingerprint density at radius 2 is 0.875 bits per heavy atom. The summed E-state index contributed by atoms with van der Waals surface area (Å²) < 4.78 is 0. The van der Waals surface area contributed by atoms with Crippen LogP contribution in [-0.4, -0.2) is 0 Å². The van der Waals surface area contributed by atoms with Gasteiger partial charge in [0.15, 0.2) is 0 Å². The van der Waals surface area contributed by atoms with Gasteiger partial charge in [0.25, 0.3) is 0 Å². The van der Waals surface area contributed by atoms with E-state index in [9.17, 15) is 0 Å². The van der Waals surface area contributed by atoms with Gasteiger partial charge in [0.05, 0.1) is 0 Å². The fraction of sp³-hybridized carbons (Fsp3) is 0.958. The van der Waals surface area contributed by atoms with Gasteiger partial charge in [-0.05, 0) is 5.92 Å². The molecule has 0 heteroatoms. The Balaban J connectivity index is 3.07. The minimum Gasteiger partial charge on any atom is -0.0654 e. The molecule has 0 heterocycles. The second-order valence-corrected chi connectivity index (χ2v) is 8.01. The summed E-state index contributed by atoms with van der Waals surface area (Å²) in [6.45, 7) is 8.64. The summed E-state index contributed by atoms with van der Waals surface area (Å²) in [4.78, 5) is 0. The van der Waals surface area contributed by atoms with Crippen molar-refractivity contribution in [2.45, 2.75) is 142 Å². The van der Waals surface area contributed by atoms with Crippen molar-refractivity contribution >= 4 is 0 Å². The van der Waals surface area contributed by atoms with E-state index in [1.165, 1.54) is 122 Å². The van der Waals surface area contributed by atoms with Crippen molar-refractivity contribution in [1.29, 1.82) is 0 Å². The zero-order chi connectivity index (χ0) is 17.7. The lowest BCUT2D eigenvalue weighted by atomic mass is 9.94. The van der Waals surface area contributed by atoms with Crippen LogP contribution in [0.3, 0.4) is 0 Å². The van der Waals surface area contributed by atoms with Crippen LogP contribution >= 0.6 is 0 Å². The fourth-order valence-electron chi connectivity index (χ4n) is 3.82. The van der Waals surface area contributed by atoms with Crippen molar-refractivity contribution in [1.82, 2.24) is 0 Å². The van der Waals surface area contributed by atoms with E-state index in [1.807, 2.05) is 0 Å². The van der Waals surface area contributed by atoms with Crippen LogP contribution < -0.4 is 0 Å². The molecule has 0 saturated carbocycles. The van der Waals surface area contributed by atoms with Gasteiger partial charge in [-0.15, -0.1) is 0 Å². The molecule has 0 bridgehead atoms. The van der Waals surface area contributed by atoms with E-state index in [4.69, 9.17) is 0 Å². The average molecular weight is 338 g/mol. The van der Waals surface area contributed by atoms with E-state index in [-0.39, 0.29) is 0 Å². The molecule has 0 aromatic heterocycles. The van der Waals surface area contributed by atoms with Crippen molar-refractivity contribution in [3.05, 3.63) is 6.92 Å². The van der Waals surface area contributed by atoms with Gasteiger partial charge in [-0.1, -0.05) is 149 Å². The molecule has 1 unspecified atom stereocenters. The van der Waals surface area contributed by atoms with E-state index < -0.39 is 0 Å². The average Bonchev–Trinajstić information content (AvgIpc) is 2.60. The molecule has 0 spiro atoms. The van der Waals surface area contributed by atoms with Crippen LogP contribution in [0.1, 0.15) is 142 Å². The lowest BCUT2D eigenvalue weighted by Crippen LogP contribution is -1.98. The Morgan fingerprint density at radius 3 is 1.21 bits per heavy atom. The van der Waals surface area contributed by atoms with Gasteiger partial charge >= 0.3 is 0 Å². The lowest BCUT2D eigenvalue weighted by Gasteiger charge is -2.12. The molecule has 0 amide bonds. The molecular formula is C24H49. The minimum absolute atomic E-state index is 0.953. The Kier molecular flexibility index (Phi) is 21.0. The SMILES string of the molecule is [CH2]CCC(CC)CCCCCCCCCCCCCCCCCC. The molecule has 0 nitrogen and oxygen atoms in total. The van der Waals surface area contributed by atoms with Crippen LogP contribution in [-0.2, 0) is 0 Å². The number of rotatable bonds is 20. The first-order valence-corrected chi connectivity index (χ1v) is 11.6. The van der Waals surface area contributed by atoms with Gasteiger partial charge in [0.1, 0.15) is 0 Å². The zero-order valence-electron chi connectivity index (χ0n) is 17.4. The quantitative estimate of drug-likeness (QED) is 0.194. The Bertz CT molecular complexity index is 208. The van der Waals surface area contributed by atoms with Gasteiger partial charge in [0.2, 0.25) is 0 Å². The predicted octanol–water partition coefficient (Wildman–Crippen LogP) is 9.28. The first-order valence-electron chi connectivity index (χ1n) is 11.6. The van der Waals surface area contributed by atoms with Gasteiger partial charge in [-0.25, -0.2) is 0 Å². The third kappa shape index (κ3) is 18.3. The standard InChI is InChI=1S/C24H49/c1-4-7-8-9-10-11-12-13-14-15-16-17-18-19-20-21-23-24(6-3)22-5-2/h24H,2,4-23H2,1,3H3. The molecule has 0 aromatic carbocycles. The third-order valence-corrected chi connectivity index (χ3v) is 5.66. The van der Waals surface area contributed by atoms with Gasteiger partial charge in [-0.2, -0.15) is 0 Å². The van der Waals surface area contributed by atoms with Crippen LogP contribution in [0.25, 0.3) is 0 Å². The smallest absolute Gasteiger partial charge is 0.0417 e. The molecule has 145 valence electrons. The molecule has 0 aliphatic heterocycles. The van der Waals surface area contributed by atoms with E-state index in [0.29, 0.717) is 0 Å². The monoisotopic (exact) mass is 337 g/mol. The van der Waals surface area contributed by atoms with E-state index >= 15 is 0 Å². The van der Waals surface area contributed by atoms with Crippen molar-refractivity contribution in [3.63, 3.8) is 0 Å². The van der Waals surface area contributed by atoms with Crippen molar-refractivity contribution in [3.8, 4) is 0 Å². The van der Waals surface area contributed by atoms with Crippen LogP contribution in [0.5, 0.6) is 0 Å². The maximum Gasteiger partial charge on any atom is -0.0417 e. The maximum atomic E-state index is 4.00. The summed E-state index contributed by atoms with van der Waals surface area (Å²) in [6.07, 6.45) is 28.7. The second-order valence-electron chi connectivity index (χ2n) is 8.01. The molecule has 0 aromatic rings. The molecule has 0 saturated heterocycles. The van der Waals surface area contributed by atoms with Crippen LogP contribution in [0, 0.1) is 12.8 Å². The highest BCUT2D eigenvalue weighted by Gasteiger charge is 2.04. The Hall–Kier alpha value is 0. The lowest BCUT2D eigenvalue weighted by molar-refractivity contribution is 0.413. The highest BCUT2D eigenvalue weighted by Crippen LogP contribution is 2.19. The topological polar surface area (TPSA) is 0 Å². The molecule has 0 aliphatic rings. The highest BCUT2D eigenvalue weighted by molar-refractivity contribution is 4.59. The van der Waals surface area contributed by atoms with E-state index in [2.05, 4.69) is 20.8 Å². The van der Waals surface area contributed by atoms with Crippen molar-refractivity contribution in [2.24, 2.45) is 5.92 Å². The summed E-state index contributed by atoms with van der Waals surface area (Å²) in [5, 5.41) is 0. The van der Waals surface area contributed by atoms with Crippen LogP contribution in [0.15, 0.2) is 0 Å². The molecule has 0 N–H and O–H groups in total. The summed E-state index contributed by atoms with van der Waals surface area (Å²) in [5.41, 5.74) is 0. The molecule has 1 atom stereocenters. The van der Waals surface area contributed by atoms with Gasteiger partial charge < -0.3 is 0 Å². The molecule has 0 aliphatic carbocycles. The van der Waals surface area contributed by atoms with Crippen molar-refractivity contribution < 1.29 is 0 Å². The van der Waals surface area contributed by atoms with Crippen molar-refractivity contribution in [2.75, 3.05) is 0 Å². The Labute approximate surface area is 155 Å². The summed E-state index contributed by atoms with van der Waals surface area (Å²) in [7, 11) is 0. The molecule has 24 heavy (non-hydrogen) atoms.